The zero-order chi connectivity index (χ0) is 15.8. The van der Waals surface area contributed by atoms with Crippen LogP contribution < -0.4 is 15.9 Å². The first-order valence-corrected chi connectivity index (χ1v) is 9.19. The van der Waals surface area contributed by atoms with Crippen molar-refractivity contribution in [1.29, 1.82) is 0 Å². The van der Waals surface area contributed by atoms with E-state index in [-0.39, 0.29) is 6.54 Å². The number of carbonyl (C=O) groups excluding carboxylic acids is 2. The summed E-state index contributed by atoms with van der Waals surface area (Å²) in [6.45, 7) is -0.212. The van der Waals surface area contributed by atoms with Gasteiger partial charge in [0.25, 0.3) is 6.65 Å². The molecule has 10 heteroatoms. The lowest BCUT2D eigenvalue weighted by atomic mass is 10.4. The second-order valence-corrected chi connectivity index (χ2v) is 8.49. The Balaban J connectivity index is 4.86. The van der Waals surface area contributed by atoms with Gasteiger partial charge < -0.3 is 9.47 Å². The summed E-state index contributed by atoms with van der Waals surface area (Å²) in [5.74, 6) is -0.840. The van der Waals surface area contributed by atoms with Crippen molar-refractivity contribution < 1.29 is 23.6 Å². The van der Waals surface area contributed by atoms with Gasteiger partial charge in [-0.05, 0) is 13.8 Å². The quantitative estimate of drug-likeness (QED) is 0.462. The molecule has 0 bridgehead atoms. The molecule has 0 aromatic heterocycles. The van der Waals surface area contributed by atoms with Gasteiger partial charge in [0.05, 0.1) is 14.2 Å². The molecule has 0 saturated carbocycles. The summed E-state index contributed by atoms with van der Waals surface area (Å²) in [7, 11) is 2.46. The van der Waals surface area contributed by atoms with Gasteiger partial charge in [0.15, 0.2) is 0 Å². The van der Waals surface area contributed by atoms with Crippen molar-refractivity contribution in [3.63, 3.8) is 0 Å². The first-order valence-electron chi connectivity index (χ1n) is 5.90. The summed E-state index contributed by atoms with van der Waals surface area (Å²) in [6.07, 6.45) is 0. The Morgan fingerprint density at radius 1 is 1.15 bits per heavy atom. The van der Waals surface area contributed by atoms with E-state index in [1.807, 2.05) is 0 Å². The van der Waals surface area contributed by atoms with E-state index < -0.39 is 30.7 Å². The molecule has 0 amide bonds. The highest BCUT2D eigenvalue weighted by molar-refractivity contribution is 8.56. The van der Waals surface area contributed by atoms with E-state index in [1.54, 1.807) is 0 Å². The highest BCUT2D eigenvalue weighted by atomic mass is 32.7. The number of nitrogens with one attached hydrogen (secondary N) is 3. The molecule has 2 atom stereocenters. The predicted octanol–water partition coefficient (Wildman–Crippen LogP) is 0.413. The fourth-order valence-corrected chi connectivity index (χ4v) is 5.50. The molecule has 0 aromatic carbocycles. The van der Waals surface area contributed by atoms with E-state index in [4.69, 9.17) is 5.73 Å². The average molecular weight is 326 g/mol. The maximum atomic E-state index is 12.7. The molecule has 3 N–H and O–H groups in total. The fraction of sp³-hybridized carbons (Fsp3) is 0.800. The predicted molar refractivity (Wildman–Crippen MR) is 77.3 cm³/mol. The maximum absolute atomic E-state index is 12.7. The summed E-state index contributed by atoms with van der Waals surface area (Å²) in [4.78, 5) is 22.7. The SMILES string of the molecule is COC(=O)[C@H](C)NP(=O)(N[C@@H](C)C(=O)OC)SCC[NH]. The summed E-state index contributed by atoms with van der Waals surface area (Å²) in [5, 5.41) is 5.26. The minimum absolute atomic E-state index is 0.0667. The number of methoxy groups -OCH3 is 2. The van der Waals surface area contributed by atoms with Crippen LogP contribution in [0.3, 0.4) is 0 Å². The number of hydrogen-bond donors (Lipinski definition) is 2. The third-order valence-corrected chi connectivity index (χ3v) is 6.69. The van der Waals surface area contributed by atoms with Gasteiger partial charge in [-0.15, -0.1) is 0 Å². The molecule has 0 fully saturated rings. The summed E-state index contributed by atoms with van der Waals surface area (Å²) < 4.78 is 21.8. The zero-order valence-corrected chi connectivity index (χ0v) is 13.7. The molecular formula is C10H21N3O5PS. The number of rotatable bonds is 9. The van der Waals surface area contributed by atoms with Crippen LogP contribution in [0.1, 0.15) is 13.8 Å². The molecule has 8 nitrogen and oxygen atoms in total. The fourth-order valence-electron chi connectivity index (χ4n) is 1.25. The zero-order valence-electron chi connectivity index (χ0n) is 12.0. The van der Waals surface area contributed by atoms with Crippen molar-refractivity contribution in [3.05, 3.63) is 0 Å². The molecular weight excluding hydrogens is 305 g/mol. The van der Waals surface area contributed by atoms with Gasteiger partial charge in [0.1, 0.15) is 12.1 Å². The maximum Gasteiger partial charge on any atom is 0.322 e. The number of esters is 2. The van der Waals surface area contributed by atoms with Gasteiger partial charge in [0, 0.05) is 12.3 Å². The van der Waals surface area contributed by atoms with Crippen LogP contribution in [0, 0.1) is 0 Å². The molecule has 0 aliphatic heterocycles. The van der Waals surface area contributed by atoms with Gasteiger partial charge in [-0.1, -0.05) is 11.4 Å². The largest absolute Gasteiger partial charge is 0.468 e. The molecule has 20 heavy (non-hydrogen) atoms. The molecule has 0 rings (SSSR count). The van der Waals surface area contributed by atoms with Gasteiger partial charge in [-0.25, -0.2) is 10.2 Å². The molecule has 0 aliphatic carbocycles. The van der Waals surface area contributed by atoms with Crippen molar-refractivity contribution in [2.24, 2.45) is 0 Å². The molecule has 0 unspecified atom stereocenters. The molecule has 0 aromatic rings. The summed E-state index contributed by atoms with van der Waals surface area (Å²) in [5.41, 5.74) is 7.11. The smallest absolute Gasteiger partial charge is 0.322 e. The molecule has 0 spiro atoms. The Labute approximate surface area is 122 Å². The minimum Gasteiger partial charge on any atom is -0.468 e. The first kappa shape index (κ1) is 19.4. The van der Waals surface area contributed by atoms with Crippen LogP contribution in [0.4, 0.5) is 0 Å². The lowest BCUT2D eigenvalue weighted by Crippen LogP contribution is -2.40. The molecule has 0 heterocycles. The van der Waals surface area contributed by atoms with Crippen LogP contribution in [0.2, 0.25) is 0 Å². The van der Waals surface area contributed by atoms with Crippen LogP contribution in [0.25, 0.3) is 0 Å². The van der Waals surface area contributed by atoms with Crippen molar-refractivity contribution in [2.75, 3.05) is 26.5 Å². The highest BCUT2D eigenvalue weighted by Gasteiger charge is 2.31. The van der Waals surface area contributed by atoms with Gasteiger partial charge >= 0.3 is 11.9 Å². The lowest BCUT2D eigenvalue weighted by Gasteiger charge is -2.24. The molecule has 1 radical (unpaired) electrons. The van der Waals surface area contributed by atoms with E-state index in [9.17, 15) is 14.2 Å². The number of ether oxygens (including phenoxy) is 2. The average Bonchev–Trinajstić information content (AvgIpc) is 2.42. The second kappa shape index (κ2) is 9.36. The van der Waals surface area contributed by atoms with E-state index in [2.05, 4.69) is 19.6 Å². The Bertz CT molecular complexity index is 354. The molecule has 0 aliphatic rings. The number of hydrogen-bond acceptors (Lipinski definition) is 6. The summed E-state index contributed by atoms with van der Waals surface area (Å²) in [6, 6.07) is -1.61. The van der Waals surface area contributed by atoms with Crippen molar-refractivity contribution in [2.45, 2.75) is 25.9 Å². The van der Waals surface area contributed by atoms with Crippen LogP contribution in [-0.4, -0.2) is 50.5 Å². The van der Waals surface area contributed by atoms with Crippen molar-refractivity contribution >= 4 is 30.0 Å². The van der Waals surface area contributed by atoms with Crippen LogP contribution in [0.15, 0.2) is 0 Å². The monoisotopic (exact) mass is 326 g/mol. The van der Waals surface area contributed by atoms with E-state index in [0.29, 0.717) is 5.75 Å². The van der Waals surface area contributed by atoms with Crippen LogP contribution in [0.5, 0.6) is 0 Å². The normalized spacial score (nSPS) is 14.4. The van der Waals surface area contributed by atoms with E-state index >= 15 is 0 Å². The Morgan fingerprint density at radius 2 is 1.55 bits per heavy atom. The van der Waals surface area contributed by atoms with Gasteiger partial charge in [0.2, 0.25) is 0 Å². The minimum atomic E-state index is -3.29. The van der Waals surface area contributed by atoms with E-state index in [1.165, 1.54) is 28.1 Å². The first-order chi connectivity index (χ1) is 9.29. The molecule has 0 saturated heterocycles. The Kier molecular flexibility index (Phi) is 9.08. The van der Waals surface area contributed by atoms with Crippen LogP contribution >= 0.6 is 18.0 Å². The van der Waals surface area contributed by atoms with E-state index in [0.717, 1.165) is 11.4 Å². The van der Waals surface area contributed by atoms with Crippen LogP contribution in [-0.2, 0) is 23.6 Å². The third-order valence-electron chi connectivity index (χ3n) is 2.21. The standard InChI is InChI=1S/C10H21N3O5PS/c1-7(9(14)17-3)12-19(16,20-6-5-11)13-8(2)10(15)18-4/h7-8,11H,5-6H2,1-4H3,(H2,12,13,16)/t7-,8-/m0/s1. The Morgan fingerprint density at radius 3 is 1.85 bits per heavy atom. The highest BCUT2D eigenvalue weighted by Crippen LogP contribution is 2.51. The Hall–Kier alpha value is -0.600. The van der Waals surface area contributed by atoms with Gasteiger partial charge in [-0.2, -0.15) is 0 Å². The van der Waals surface area contributed by atoms with Crippen molar-refractivity contribution in [1.82, 2.24) is 15.9 Å². The second-order valence-electron chi connectivity index (χ2n) is 3.88. The van der Waals surface area contributed by atoms with Crippen molar-refractivity contribution in [3.8, 4) is 0 Å². The van der Waals surface area contributed by atoms with Gasteiger partial charge in [-0.3, -0.25) is 19.9 Å². The summed E-state index contributed by atoms with van der Waals surface area (Å²) >= 11 is 0.967. The number of carbonyl (C=O) groups is 2. The third kappa shape index (κ3) is 6.71. The topological polar surface area (TPSA) is 118 Å². The molecule has 117 valence electrons. The lowest BCUT2D eigenvalue weighted by molar-refractivity contribution is -0.142.